The first-order valence-corrected chi connectivity index (χ1v) is 10.2. The number of hydrogen-bond acceptors (Lipinski definition) is 3. The molecule has 144 valence electrons. The normalized spacial score (nSPS) is 21.3. The number of carbonyl (C=O) groups is 1. The molecule has 1 atom stereocenters. The molecule has 0 spiro atoms. The lowest BCUT2D eigenvalue weighted by molar-refractivity contribution is 0.148. The van der Waals surface area contributed by atoms with Crippen molar-refractivity contribution in [2.24, 2.45) is 0 Å². The molecule has 1 aromatic carbocycles. The number of rotatable bonds is 7. The first kappa shape index (κ1) is 19.2. The molecule has 1 heterocycles. The maximum absolute atomic E-state index is 12.5. The Morgan fingerprint density at radius 2 is 1.77 bits per heavy atom. The fraction of sp³-hybridized carbons (Fsp3) is 0.667. The van der Waals surface area contributed by atoms with Gasteiger partial charge in [0.15, 0.2) is 0 Å². The molecule has 1 aliphatic carbocycles. The van der Waals surface area contributed by atoms with E-state index in [0.717, 1.165) is 38.0 Å². The number of hydrogen-bond donors (Lipinski definition) is 3. The van der Waals surface area contributed by atoms with Gasteiger partial charge in [0, 0.05) is 19.5 Å². The molecular weight excluding hydrogens is 326 g/mol. The molecule has 3 N–H and O–H groups in total. The van der Waals surface area contributed by atoms with Crippen molar-refractivity contribution in [3.05, 3.63) is 35.9 Å². The summed E-state index contributed by atoms with van der Waals surface area (Å²) >= 11 is 0. The Bertz CT molecular complexity index is 552. The Labute approximate surface area is 157 Å². The second-order valence-corrected chi connectivity index (χ2v) is 8.00. The third-order valence-electron chi connectivity index (χ3n) is 5.73. The molecule has 1 aliphatic heterocycles. The van der Waals surface area contributed by atoms with E-state index in [1.165, 1.54) is 32.1 Å². The smallest absolute Gasteiger partial charge is 0.315 e. The van der Waals surface area contributed by atoms with Crippen molar-refractivity contribution in [1.82, 2.24) is 15.5 Å². The number of carbonyl (C=O) groups excluding carboxylic acids is 1. The minimum absolute atomic E-state index is 0.100. The first-order chi connectivity index (χ1) is 12.7. The minimum Gasteiger partial charge on any atom is -0.391 e. The van der Waals surface area contributed by atoms with Gasteiger partial charge in [-0.3, -0.25) is 0 Å². The van der Waals surface area contributed by atoms with E-state index in [4.69, 9.17) is 0 Å². The van der Waals surface area contributed by atoms with Gasteiger partial charge in [0.25, 0.3) is 0 Å². The van der Waals surface area contributed by atoms with Crippen LogP contribution in [0.1, 0.15) is 50.5 Å². The number of amides is 2. The van der Waals surface area contributed by atoms with Crippen molar-refractivity contribution >= 4 is 6.03 Å². The maximum Gasteiger partial charge on any atom is 0.315 e. The molecule has 26 heavy (non-hydrogen) atoms. The monoisotopic (exact) mass is 359 g/mol. The van der Waals surface area contributed by atoms with Gasteiger partial charge in [-0.25, -0.2) is 4.79 Å². The average molecular weight is 360 g/mol. The van der Waals surface area contributed by atoms with Gasteiger partial charge in [0.05, 0.1) is 11.6 Å². The summed E-state index contributed by atoms with van der Waals surface area (Å²) in [7, 11) is 0. The van der Waals surface area contributed by atoms with E-state index < -0.39 is 6.10 Å². The van der Waals surface area contributed by atoms with Crippen molar-refractivity contribution in [3.8, 4) is 0 Å². The highest BCUT2D eigenvalue weighted by atomic mass is 16.3. The topological polar surface area (TPSA) is 64.6 Å². The van der Waals surface area contributed by atoms with Crippen LogP contribution in [0.4, 0.5) is 4.79 Å². The van der Waals surface area contributed by atoms with Crippen LogP contribution in [0.3, 0.4) is 0 Å². The number of likely N-dealkylation sites (tertiary alicyclic amines) is 1. The number of aliphatic hydroxyl groups excluding tert-OH is 1. The lowest BCUT2D eigenvalue weighted by Crippen LogP contribution is -2.59. The van der Waals surface area contributed by atoms with E-state index in [0.29, 0.717) is 6.42 Å². The highest BCUT2D eigenvalue weighted by molar-refractivity contribution is 5.74. The highest BCUT2D eigenvalue weighted by Crippen LogP contribution is 2.30. The van der Waals surface area contributed by atoms with Crippen molar-refractivity contribution < 1.29 is 9.90 Å². The summed E-state index contributed by atoms with van der Waals surface area (Å²) in [4.78, 5) is 15.0. The van der Waals surface area contributed by atoms with Crippen LogP contribution in [0.5, 0.6) is 0 Å². The summed E-state index contributed by atoms with van der Waals surface area (Å²) in [6.07, 6.45) is 8.29. The van der Waals surface area contributed by atoms with Crippen molar-refractivity contribution in [2.75, 3.05) is 26.2 Å². The van der Waals surface area contributed by atoms with Gasteiger partial charge in [-0.05, 0) is 44.3 Å². The maximum atomic E-state index is 12.5. The molecule has 1 aromatic rings. The summed E-state index contributed by atoms with van der Waals surface area (Å²) in [6.45, 7) is 3.55. The van der Waals surface area contributed by atoms with Gasteiger partial charge in [-0.1, -0.05) is 49.6 Å². The Balaban J connectivity index is 1.47. The summed E-state index contributed by atoms with van der Waals surface area (Å²) in [5.41, 5.74) is 0.983. The predicted octanol–water partition coefficient (Wildman–Crippen LogP) is 2.69. The third kappa shape index (κ3) is 5.71. The largest absolute Gasteiger partial charge is 0.391 e. The van der Waals surface area contributed by atoms with Crippen LogP contribution in [0.25, 0.3) is 0 Å². The standard InChI is InChI=1S/C21H33N3O2/c25-19(15-18-9-3-1-4-10-18)16-22-20(26)23-21(11-5-2-6-12-21)17-24-13-7-8-14-24/h1,3-4,9-10,19,25H,2,5-8,11-17H2,(H2,22,23,26)/t19-/m1/s1. The van der Waals surface area contributed by atoms with E-state index in [2.05, 4.69) is 15.5 Å². The SMILES string of the molecule is O=C(NC[C@H](O)Cc1ccccc1)NC1(CN2CCCC2)CCCCC1. The zero-order valence-electron chi connectivity index (χ0n) is 15.8. The molecule has 1 saturated carbocycles. The predicted molar refractivity (Wildman–Crippen MR) is 104 cm³/mol. The summed E-state index contributed by atoms with van der Waals surface area (Å²) < 4.78 is 0. The van der Waals surface area contributed by atoms with Crippen molar-refractivity contribution in [1.29, 1.82) is 0 Å². The van der Waals surface area contributed by atoms with Crippen LogP contribution in [-0.2, 0) is 6.42 Å². The molecule has 0 unspecified atom stereocenters. The molecule has 0 bridgehead atoms. The summed E-state index contributed by atoms with van der Waals surface area (Å²) in [5.74, 6) is 0. The third-order valence-corrected chi connectivity index (χ3v) is 5.73. The minimum atomic E-state index is -0.566. The Morgan fingerprint density at radius 1 is 1.08 bits per heavy atom. The van der Waals surface area contributed by atoms with Crippen LogP contribution < -0.4 is 10.6 Å². The second-order valence-electron chi connectivity index (χ2n) is 8.00. The fourth-order valence-corrected chi connectivity index (χ4v) is 4.37. The van der Waals surface area contributed by atoms with Crippen LogP contribution >= 0.6 is 0 Å². The van der Waals surface area contributed by atoms with E-state index in [1.807, 2.05) is 30.3 Å². The van der Waals surface area contributed by atoms with Crippen molar-refractivity contribution in [2.45, 2.75) is 63.0 Å². The van der Waals surface area contributed by atoms with E-state index in [9.17, 15) is 9.90 Å². The van der Waals surface area contributed by atoms with Gasteiger partial charge in [0.2, 0.25) is 0 Å². The Hall–Kier alpha value is -1.59. The zero-order valence-corrected chi connectivity index (χ0v) is 15.8. The molecule has 5 heteroatoms. The molecule has 1 saturated heterocycles. The zero-order chi connectivity index (χ0) is 18.2. The number of urea groups is 1. The first-order valence-electron chi connectivity index (χ1n) is 10.2. The van der Waals surface area contributed by atoms with Crippen LogP contribution in [0.15, 0.2) is 30.3 Å². The van der Waals surface area contributed by atoms with Crippen LogP contribution in [0, 0.1) is 0 Å². The van der Waals surface area contributed by atoms with Gasteiger partial charge in [0.1, 0.15) is 0 Å². The summed E-state index contributed by atoms with van der Waals surface area (Å²) in [5, 5.41) is 16.4. The quantitative estimate of drug-likeness (QED) is 0.701. The van der Waals surface area contributed by atoms with E-state index in [-0.39, 0.29) is 18.1 Å². The number of nitrogens with zero attached hydrogens (tertiary/aromatic N) is 1. The van der Waals surface area contributed by atoms with Gasteiger partial charge < -0.3 is 20.6 Å². The summed E-state index contributed by atoms with van der Waals surface area (Å²) in [6, 6.07) is 9.75. The fourth-order valence-electron chi connectivity index (χ4n) is 4.37. The van der Waals surface area contributed by atoms with Gasteiger partial charge in [-0.2, -0.15) is 0 Å². The van der Waals surface area contributed by atoms with Gasteiger partial charge in [-0.15, -0.1) is 0 Å². The number of aliphatic hydroxyl groups is 1. The molecule has 2 fully saturated rings. The number of benzene rings is 1. The molecule has 0 radical (unpaired) electrons. The molecule has 5 nitrogen and oxygen atoms in total. The van der Waals surface area contributed by atoms with E-state index >= 15 is 0 Å². The number of nitrogens with one attached hydrogen (secondary N) is 2. The molecule has 3 rings (SSSR count). The second kappa shape index (κ2) is 9.38. The Kier molecular flexibility index (Phi) is 6.92. The van der Waals surface area contributed by atoms with Crippen LogP contribution in [-0.4, -0.2) is 53.9 Å². The average Bonchev–Trinajstić information content (AvgIpc) is 3.14. The lowest BCUT2D eigenvalue weighted by Gasteiger charge is -2.41. The molecular formula is C21H33N3O2. The molecule has 0 aromatic heterocycles. The molecule has 2 amide bonds. The lowest BCUT2D eigenvalue weighted by atomic mass is 9.81. The van der Waals surface area contributed by atoms with E-state index in [1.54, 1.807) is 0 Å². The Morgan fingerprint density at radius 3 is 2.46 bits per heavy atom. The van der Waals surface area contributed by atoms with Gasteiger partial charge >= 0.3 is 6.03 Å². The molecule has 2 aliphatic rings. The van der Waals surface area contributed by atoms with Crippen molar-refractivity contribution in [3.63, 3.8) is 0 Å². The highest BCUT2D eigenvalue weighted by Gasteiger charge is 2.36. The van der Waals surface area contributed by atoms with Crippen LogP contribution in [0.2, 0.25) is 0 Å².